The molecule has 0 amide bonds. The number of alkyl halides is 6. The number of rotatable bonds is 3. The lowest BCUT2D eigenvalue weighted by Crippen LogP contribution is -2.46. The molecule has 0 aliphatic heterocycles. The summed E-state index contributed by atoms with van der Waals surface area (Å²) in [7, 11) is 2.68. The number of fused-ring (bicyclic) bond motifs is 1. The van der Waals surface area contributed by atoms with Crippen LogP contribution in [0, 0.1) is 0 Å². The normalized spacial score (nSPS) is 12.5. The van der Waals surface area contributed by atoms with Crippen molar-refractivity contribution in [1.29, 1.82) is 0 Å². The zero-order chi connectivity index (χ0) is 19.0. The van der Waals surface area contributed by atoms with Gasteiger partial charge < -0.3 is 14.2 Å². The van der Waals surface area contributed by atoms with E-state index in [-0.39, 0.29) is 11.5 Å². The van der Waals surface area contributed by atoms with E-state index in [4.69, 9.17) is 9.47 Å². The quantitative estimate of drug-likeness (QED) is 0.761. The Morgan fingerprint density at radius 2 is 1.32 bits per heavy atom. The van der Waals surface area contributed by atoms with Gasteiger partial charge in [-0.2, -0.15) is 26.3 Å². The lowest BCUT2D eigenvalue weighted by molar-refractivity contribution is -0.306. The Morgan fingerprint density at radius 3 is 1.64 bits per heavy atom. The van der Waals surface area contributed by atoms with Crippen LogP contribution in [-0.2, 0) is 4.74 Å². The van der Waals surface area contributed by atoms with Crippen LogP contribution in [0.4, 0.5) is 31.1 Å². The number of halogens is 6. The van der Waals surface area contributed by atoms with Gasteiger partial charge >= 0.3 is 18.4 Å². The lowest BCUT2D eigenvalue weighted by Gasteiger charge is -2.22. The minimum absolute atomic E-state index is 0.268. The fraction of sp³-hybridized carbons (Fsp3) is 0.357. The highest BCUT2D eigenvalue weighted by atomic mass is 19.4. The molecule has 2 aromatic rings. The minimum Gasteiger partial charge on any atom is -0.493 e. The molecule has 0 spiro atoms. The van der Waals surface area contributed by atoms with Crippen LogP contribution in [0.2, 0.25) is 0 Å². The molecule has 11 heteroatoms. The van der Waals surface area contributed by atoms with Gasteiger partial charge in [-0.1, -0.05) is 0 Å². The van der Waals surface area contributed by atoms with Crippen molar-refractivity contribution in [3.05, 3.63) is 24.5 Å². The van der Waals surface area contributed by atoms with Gasteiger partial charge in [-0.25, -0.2) is 4.79 Å². The molecule has 138 valence electrons. The Balaban J connectivity index is 2.36. The third kappa shape index (κ3) is 3.91. The van der Waals surface area contributed by atoms with Crippen LogP contribution in [0.3, 0.4) is 0 Å². The van der Waals surface area contributed by atoms with Gasteiger partial charge in [0.1, 0.15) is 0 Å². The van der Waals surface area contributed by atoms with E-state index in [0.717, 1.165) is 12.4 Å². The summed E-state index contributed by atoms with van der Waals surface area (Å²) in [5, 5.41) is 0.648. The minimum atomic E-state index is -5.78. The molecule has 0 aliphatic rings. The first-order valence-corrected chi connectivity index (χ1v) is 6.55. The van der Waals surface area contributed by atoms with Crippen molar-refractivity contribution in [1.82, 2.24) is 4.57 Å². The zero-order valence-corrected chi connectivity index (χ0v) is 12.7. The Hall–Kier alpha value is -2.59. The molecule has 0 bridgehead atoms. The van der Waals surface area contributed by atoms with Crippen molar-refractivity contribution in [2.45, 2.75) is 18.5 Å². The molecule has 1 heterocycles. The van der Waals surface area contributed by atoms with Crippen molar-refractivity contribution in [3.63, 3.8) is 0 Å². The standard InChI is InChI=1S/C14H11F6NO4/c1-23-9-3-7-5-21(6-8(7)4-10(9)24-2)12(22)25-11(13(15,16)17)14(18,19)20/h3-6,11H,1-2H3. The van der Waals surface area contributed by atoms with E-state index in [0.29, 0.717) is 15.3 Å². The molecule has 0 saturated carbocycles. The number of hydrogen-bond acceptors (Lipinski definition) is 4. The summed E-state index contributed by atoms with van der Waals surface area (Å²) in [6, 6.07) is 2.81. The monoisotopic (exact) mass is 371 g/mol. The molecule has 2 rings (SSSR count). The predicted molar refractivity (Wildman–Crippen MR) is 72.8 cm³/mol. The Labute approximate surface area is 136 Å². The summed E-state index contributed by atoms with van der Waals surface area (Å²) >= 11 is 0. The highest BCUT2D eigenvalue weighted by Gasteiger charge is 2.60. The van der Waals surface area contributed by atoms with E-state index in [9.17, 15) is 31.1 Å². The van der Waals surface area contributed by atoms with Crippen LogP contribution in [-0.4, -0.2) is 43.3 Å². The van der Waals surface area contributed by atoms with Crippen LogP contribution in [0.25, 0.3) is 10.8 Å². The van der Waals surface area contributed by atoms with Crippen molar-refractivity contribution in [2.75, 3.05) is 14.2 Å². The fourth-order valence-corrected chi connectivity index (χ4v) is 2.06. The second kappa shape index (κ2) is 6.37. The Kier molecular flexibility index (Phi) is 4.78. The Bertz CT molecular complexity index is 725. The first-order chi connectivity index (χ1) is 11.5. The summed E-state index contributed by atoms with van der Waals surface area (Å²) in [5.41, 5.74) is 0. The van der Waals surface area contributed by atoms with Crippen LogP contribution < -0.4 is 9.47 Å². The number of benzene rings is 1. The maximum atomic E-state index is 12.5. The van der Waals surface area contributed by atoms with Crippen molar-refractivity contribution in [2.24, 2.45) is 0 Å². The highest BCUT2D eigenvalue weighted by Crippen LogP contribution is 2.36. The van der Waals surface area contributed by atoms with Crippen molar-refractivity contribution >= 4 is 16.9 Å². The highest BCUT2D eigenvalue weighted by molar-refractivity contribution is 5.89. The molecule has 25 heavy (non-hydrogen) atoms. The average Bonchev–Trinajstić information content (AvgIpc) is 2.91. The first-order valence-electron chi connectivity index (χ1n) is 6.55. The summed E-state index contributed by atoms with van der Waals surface area (Å²) in [6.07, 6.45) is -15.6. The van der Waals surface area contributed by atoms with E-state index >= 15 is 0 Å². The molecule has 0 atom stereocenters. The van der Waals surface area contributed by atoms with E-state index < -0.39 is 24.5 Å². The lowest BCUT2D eigenvalue weighted by atomic mass is 10.2. The summed E-state index contributed by atoms with van der Waals surface area (Å²) < 4.78 is 88.9. The van der Waals surface area contributed by atoms with Gasteiger partial charge in [-0.3, -0.25) is 4.57 Å². The predicted octanol–water partition coefficient (Wildman–Crippen LogP) is 4.14. The molecule has 0 radical (unpaired) electrons. The smallest absolute Gasteiger partial charge is 0.434 e. The van der Waals surface area contributed by atoms with Gasteiger partial charge in [-0.05, 0) is 12.1 Å². The van der Waals surface area contributed by atoms with Gasteiger partial charge in [-0.15, -0.1) is 0 Å². The van der Waals surface area contributed by atoms with Crippen LogP contribution in [0.15, 0.2) is 24.5 Å². The molecule has 1 aromatic heterocycles. The van der Waals surface area contributed by atoms with Gasteiger partial charge in [0.25, 0.3) is 6.10 Å². The van der Waals surface area contributed by atoms with Gasteiger partial charge in [0.05, 0.1) is 14.2 Å². The fourth-order valence-electron chi connectivity index (χ4n) is 2.06. The largest absolute Gasteiger partial charge is 0.493 e. The average molecular weight is 371 g/mol. The van der Waals surface area contributed by atoms with E-state index in [1.165, 1.54) is 26.4 Å². The molecule has 0 unspecified atom stereocenters. The number of methoxy groups -OCH3 is 2. The third-order valence-electron chi connectivity index (χ3n) is 3.17. The van der Waals surface area contributed by atoms with E-state index in [1.807, 2.05) is 0 Å². The molecule has 5 nitrogen and oxygen atoms in total. The molecule has 0 N–H and O–H groups in total. The van der Waals surface area contributed by atoms with Crippen molar-refractivity contribution < 1.29 is 45.3 Å². The maximum absolute atomic E-state index is 12.5. The number of carbonyl (C=O) groups is 1. The van der Waals surface area contributed by atoms with Gasteiger partial charge in [0, 0.05) is 23.2 Å². The zero-order valence-electron chi connectivity index (χ0n) is 12.7. The molecule has 0 fully saturated rings. The van der Waals surface area contributed by atoms with Gasteiger partial charge in [0.15, 0.2) is 11.5 Å². The number of ether oxygens (including phenoxy) is 3. The Morgan fingerprint density at radius 1 is 0.920 bits per heavy atom. The van der Waals surface area contributed by atoms with E-state index in [2.05, 4.69) is 4.74 Å². The maximum Gasteiger partial charge on any atom is 0.434 e. The topological polar surface area (TPSA) is 49.7 Å². The number of aromatic nitrogens is 1. The molecular formula is C14H11F6NO4. The summed E-state index contributed by atoms with van der Waals surface area (Å²) in [5.74, 6) is 0.536. The molecule has 0 saturated heterocycles. The third-order valence-corrected chi connectivity index (χ3v) is 3.17. The SMILES string of the molecule is COc1cc2cn(C(=O)OC(C(F)(F)F)C(F)(F)F)cc2cc1OC. The molecule has 0 aliphatic carbocycles. The van der Waals surface area contributed by atoms with Crippen LogP contribution >= 0.6 is 0 Å². The second-order valence-electron chi connectivity index (χ2n) is 4.85. The summed E-state index contributed by atoms with van der Waals surface area (Å²) in [4.78, 5) is 11.7. The first kappa shape index (κ1) is 18.7. The van der Waals surface area contributed by atoms with Crippen LogP contribution in [0.1, 0.15) is 0 Å². The number of nitrogens with zero attached hydrogens (tertiary/aromatic N) is 1. The van der Waals surface area contributed by atoms with Crippen molar-refractivity contribution in [3.8, 4) is 11.5 Å². The van der Waals surface area contributed by atoms with Gasteiger partial charge in [0.2, 0.25) is 0 Å². The second-order valence-corrected chi connectivity index (χ2v) is 4.85. The molecule has 1 aromatic carbocycles. The van der Waals surface area contributed by atoms with E-state index in [1.54, 1.807) is 0 Å². The number of carbonyl (C=O) groups excluding carboxylic acids is 1. The summed E-state index contributed by atoms with van der Waals surface area (Å²) in [6.45, 7) is 0. The number of hydrogen-bond donors (Lipinski definition) is 0. The van der Waals surface area contributed by atoms with Crippen LogP contribution in [0.5, 0.6) is 11.5 Å². The molecular weight excluding hydrogens is 360 g/mol.